The minimum atomic E-state index is -0.546. The average Bonchev–Trinajstić information content (AvgIpc) is 2.71. The normalized spacial score (nSPS) is 13.1. The first-order chi connectivity index (χ1) is 13.9. The van der Waals surface area contributed by atoms with Crippen molar-refractivity contribution in [3.8, 4) is 0 Å². The summed E-state index contributed by atoms with van der Waals surface area (Å²) in [5.74, 6) is -0.916. The Morgan fingerprint density at radius 1 is 1.07 bits per heavy atom. The highest BCUT2D eigenvalue weighted by molar-refractivity contribution is 6.33. The molecule has 0 aromatic heterocycles. The van der Waals surface area contributed by atoms with Gasteiger partial charge in [0.25, 0.3) is 17.5 Å². The van der Waals surface area contributed by atoms with Crippen LogP contribution in [0.2, 0.25) is 5.02 Å². The maximum Gasteiger partial charge on any atom is 0.294 e. The van der Waals surface area contributed by atoms with Gasteiger partial charge in [0.2, 0.25) is 0 Å². The summed E-state index contributed by atoms with van der Waals surface area (Å²) in [7, 11) is 0. The van der Waals surface area contributed by atoms with Crippen LogP contribution in [0.3, 0.4) is 0 Å². The molecule has 2 amide bonds. The van der Waals surface area contributed by atoms with Gasteiger partial charge in [0.05, 0.1) is 21.2 Å². The van der Waals surface area contributed by atoms with Crippen LogP contribution in [-0.2, 0) is 0 Å². The molecule has 8 heteroatoms. The maximum absolute atomic E-state index is 12.9. The van der Waals surface area contributed by atoms with Gasteiger partial charge in [0.15, 0.2) is 0 Å². The monoisotopic (exact) mass is 409 g/mol. The molecule has 0 unspecified atom stereocenters. The maximum atomic E-state index is 12.9. The number of nitrogens with zero attached hydrogens (tertiary/aromatic N) is 2. The van der Waals surface area contributed by atoms with Crippen LogP contribution in [0.25, 0.3) is 10.8 Å². The largest absolute Gasteiger partial charge is 0.348 e. The van der Waals surface area contributed by atoms with Gasteiger partial charge in [0, 0.05) is 28.9 Å². The fourth-order valence-corrected chi connectivity index (χ4v) is 3.78. The van der Waals surface area contributed by atoms with E-state index < -0.39 is 16.7 Å². The summed E-state index contributed by atoms with van der Waals surface area (Å²) in [5, 5.41) is 16.1. The van der Waals surface area contributed by atoms with Crippen molar-refractivity contribution in [3.05, 3.63) is 74.8 Å². The van der Waals surface area contributed by atoms with Crippen LogP contribution >= 0.6 is 11.6 Å². The van der Waals surface area contributed by atoms with E-state index in [1.54, 1.807) is 42.5 Å². The third-order valence-corrected chi connectivity index (χ3v) is 5.20. The molecular weight excluding hydrogens is 394 g/mol. The second-order valence-electron chi connectivity index (χ2n) is 6.67. The van der Waals surface area contributed by atoms with Gasteiger partial charge in [-0.25, -0.2) is 0 Å². The molecule has 3 aromatic carbocycles. The number of para-hydroxylation sites is 1. The quantitative estimate of drug-likeness (QED) is 0.357. The molecule has 1 heterocycles. The summed E-state index contributed by atoms with van der Waals surface area (Å²) in [4.78, 5) is 38.2. The molecule has 0 radical (unpaired) electrons. The fraction of sp³-hybridized carbons (Fsp3) is 0.143. The first-order valence-electron chi connectivity index (χ1n) is 9.06. The molecule has 0 saturated carbocycles. The number of hydrogen-bond acceptors (Lipinski definition) is 5. The molecule has 3 aromatic rings. The fourth-order valence-electron chi connectivity index (χ4n) is 3.60. The van der Waals surface area contributed by atoms with Gasteiger partial charge in [-0.1, -0.05) is 42.8 Å². The minimum Gasteiger partial charge on any atom is -0.348 e. The summed E-state index contributed by atoms with van der Waals surface area (Å²) in [6.07, 6.45) is 0.594. The van der Waals surface area contributed by atoms with Gasteiger partial charge in [-0.05, 0) is 24.6 Å². The van der Waals surface area contributed by atoms with Gasteiger partial charge in [-0.3, -0.25) is 24.6 Å². The highest BCUT2D eigenvalue weighted by Crippen LogP contribution is 2.42. The second-order valence-corrected chi connectivity index (χ2v) is 7.08. The van der Waals surface area contributed by atoms with E-state index >= 15 is 0 Å². The number of nitro benzene ring substituents is 1. The van der Waals surface area contributed by atoms with E-state index in [4.69, 9.17) is 11.6 Å². The zero-order valence-electron chi connectivity index (χ0n) is 15.4. The SMILES string of the molecule is CCCN1C(=O)c2cccc3c(Nc4ccccc4Cl)c([N+](=O)[O-])cc(c23)C1=O. The molecule has 0 fully saturated rings. The van der Waals surface area contributed by atoms with E-state index in [0.717, 1.165) is 4.90 Å². The van der Waals surface area contributed by atoms with Crippen molar-refractivity contribution in [2.45, 2.75) is 13.3 Å². The molecular formula is C21H16ClN3O4. The van der Waals surface area contributed by atoms with Gasteiger partial charge >= 0.3 is 0 Å². The minimum absolute atomic E-state index is 0.153. The second kappa shape index (κ2) is 7.18. The number of nitro groups is 1. The molecule has 146 valence electrons. The average molecular weight is 410 g/mol. The van der Waals surface area contributed by atoms with E-state index in [0.29, 0.717) is 33.5 Å². The van der Waals surface area contributed by atoms with Crippen LogP contribution in [0.15, 0.2) is 48.5 Å². The molecule has 0 bridgehead atoms. The number of hydrogen-bond donors (Lipinski definition) is 1. The third-order valence-electron chi connectivity index (χ3n) is 4.87. The number of nitrogens with one attached hydrogen (secondary N) is 1. The van der Waals surface area contributed by atoms with Crippen molar-refractivity contribution >= 4 is 51.2 Å². The summed E-state index contributed by atoms with van der Waals surface area (Å²) in [6, 6.07) is 13.0. The highest BCUT2D eigenvalue weighted by atomic mass is 35.5. The zero-order valence-corrected chi connectivity index (χ0v) is 16.2. The lowest BCUT2D eigenvalue weighted by molar-refractivity contribution is -0.383. The summed E-state index contributed by atoms with van der Waals surface area (Å²) in [6.45, 7) is 2.11. The van der Waals surface area contributed by atoms with Crippen molar-refractivity contribution < 1.29 is 14.5 Å². The van der Waals surface area contributed by atoms with Crippen LogP contribution in [0.4, 0.5) is 17.1 Å². The van der Waals surface area contributed by atoms with Gasteiger partial charge in [-0.2, -0.15) is 0 Å². The number of anilines is 2. The standard InChI is InChI=1S/C21H16ClN3O4/c1-2-10-24-20(26)13-7-5-6-12-18(13)14(21(24)27)11-17(25(28)29)19(12)23-16-9-4-3-8-15(16)22/h3-9,11,23H,2,10H2,1H3. The van der Waals surface area contributed by atoms with Crippen molar-refractivity contribution in [3.63, 3.8) is 0 Å². The van der Waals surface area contributed by atoms with E-state index in [-0.39, 0.29) is 23.5 Å². The Bertz CT molecular complexity index is 1190. The predicted octanol–water partition coefficient (Wildman–Crippen LogP) is 5.15. The molecule has 1 N–H and O–H groups in total. The number of carbonyl (C=O) groups excluding carboxylic acids is 2. The molecule has 0 aliphatic carbocycles. The number of amides is 2. The number of rotatable bonds is 5. The van der Waals surface area contributed by atoms with Crippen molar-refractivity contribution in [1.82, 2.24) is 4.90 Å². The van der Waals surface area contributed by atoms with Crippen molar-refractivity contribution in [2.75, 3.05) is 11.9 Å². The van der Waals surface area contributed by atoms with Crippen LogP contribution in [0, 0.1) is 10.1 Å². The number of carbonyl (C=O) groups is 2. The van der Waals surface area contributed by atoms with Crippen molar-refractivity contribution in [1.29, 1.82) is 0 Å². The van der Waals surface area contributed by atoms with Crippen LogP contribution in [0.1, 0.15) is 34.1 Å². The Kier molecular flexibility index (Phi) is 4.68. The summed E-state index contributed by atoms with van der Waals surface area (Å²) in [5.41, 5.74) is 0.915. The third kappa shape index (κ3) is 3.00. The Hall–Kier alpha value is -3.45. The summed E-state index contributed by atoms with van der Waals surface area (Å²) >= 11 is 6.21. The Balaban J connectivity index is 2.02. The van der Waals surface area contributed by atoms with Crippen LogP contribution in [0.5, 0.6) is 0 Å². The van der Waals surface area contributed by atoms with Gasteiger partial charge in [0.1, 0.15) is 5.69 Å². The van der Waals surface area contributed by atoms with Gasteiger partial charge < -0.3 is 5.32 Å². The highest BCUT2D eigenvalue weighted by Gasteiger charge is 2.35. The first kappa shape index (κ1) is 18.9. The molecule has 0 saturated heterocycles. The number of benzene rings is 3. The molecule has 0 atom stereocenters. The van der Waals surface area contributed by atoms with E-state index in [1.807, 2.05) is 6.92 Å². The Labute approximate surface area is 171 Å². The molecule has 0 spiro atoms. The van der Waals surface area contributed by atoms with Gasteiger partial charge in [-0.15, -0.1) is 0 Å². The molecule has 7 nitrogen and oxygen atoms in total. The lowest BCUT2D eigenvalue weighted by atomic mass is 9.92. The number of imide groups is 1. The lowest BCUT2D eigenvalue weighted by Crippen LogP contribution is -2.40. The zero-order chi connectivity index (χ0) is 20.7. The Morgan fingerprint density at radius 2 is 1.79 bits per heavy atom. The number of halogens is 1. The van der Waals surface area contributed by atoms with E-state index in [2.05, 4.69) is 5.32 Å². The molecule has 1 aliphatic rings. The molecule has 4 rings (SSSR count). The lowest BCUT2D eigenvalue weighted by Gasteiger charge is -2.27. The van der Waals surface area contributed by atoms with Crippen molar-refractivity contribution in [2.24, 2.45) is 0 Å². The molecule has 29 heavy (non-hydrogen) atoms. The van der Waals surface area contributed by atoms with E-state index in [1.165, 1.54) is 6.07 Å². The smallest absolute Gasteiger partial charge is 0.294 e. The van der Waals surface area contributed by atoms with E-state index in [9.17, 15) is 19.7 Å². The van der Waals surface area contributed by atoms with Crippen LogP contribution in [-0.4, -0.2) is 28.2 Å². The topological polar surface area (TPSA) is 92.6 Å². The van der Waals surface area contributed by atoms with Crippen LogP contribution < -0.4 is 5.32 Å². The predicted molar refractivity (Wildman–Crippen MR) is 111 cm³/mol. The summed E-state index contributed by atoms with van der Waals surface area (Å²) < 4.78 is 0. The Morgan fingerprint density at radius 3 is 2.48 bits per heavy atom. The molecule has 1 aliphatic heterocycles. The first-order valence-corrected chi connectivity index (χ1v) is 9.43.